The van der Waals surface area contributed by atoms with Gasteiger partial charge in [-0.1, -0.05) is 6.07 Å². The maximum atomic E-state index is 12.3. The highest BCUT2D eigenvalue weighted by Gasteiger charge is 2.48. The number of nitrogens with one attached hydrogen (secondary N) is 1. The lowest BCUT2D eigenvalue weighted by atomic mass is 9.81. The van der Waals surface area contributed by atoms with E-state index in [9.17, 15) is 29.9 Å². The first-order chi connectivity index (χ1) is 14.2. The molecule has 1 aromatic heterocycles. The molecule has 0 spiro atoms. The average Bonchev–Trinajstić information content (AvgIpc) is 3.33. The summed E-state index contributed by atoms with van der Waals surface area (Å²) < 4.78 is 5.73. The number of imidazole rings is 1. The summed E-state index contributed by atoms with van der Waals surface area (Å²) in [5.74, 6) is -1.83. The largest absolute Gasteiger partial charge is 0.507 e. The highest BCUT2D eigenvalue weighted by atomic mass is 16.5. The lowest BCUT2D eigenvalue weighted by Gasteiger charge is -2.39. The summed E-state index contributed by atoms with van der Waals surface area (Å²) in [7, 11) is -1.51. The maximum absolute atomic E-state index is 12.3. The summed E-state index contributed by atoms with van der Waals surface area (Å²) >= 11 is 0. The quantitative estimate of drug-likeness (QED) is 0.404. The van der Waals surface area contributed by atoms with Crippen LogP contribution in [0.15, 0.2) is 18.3 Å². The molecular formula is C19H22BN3O7. The number of aromatic amines is 1. The second-order valence-electron chi connectivity index (χ2n) is 7.79. The van der Waals surface area contributed by atoms with Crippen LogP contribution >= 0.6 is 0 Å². The first-order valence-electron chi connectivity index (χ1n) is 9.65. The Balaban J connectivity index is 1.40. The number of carbonyl (C=O) groups is 2. The van der Waals surface area contributed by atoms with Gasteiger partial charge in [0.25, 0.3) is 0 Å². The summed E-state index contributed by atoms with van der Waals surface area (Å²) in [4.78, 5) is 32.7. The third kappa shape index (κ3) is 3.85. The third-order valence-electron chi connectivity index (χ3n) is 5.59. The van der Waals surface area contributed by atoms with Crippen LogP contribution in [0.1, 0.15) is 39.8 Å². The number of likely N-dealkylation sites (tertiary alicyclic amines) is 1. The van der Waals surface area contributed by atoms with E-state index < -0.39 is 24.7 Å². The van der Waals surface area contributed by atoms with E-state index in [1.165, 1.54) is 6.07 Å². The molecule has 0 radical (unpaired) electrons. The van der Waals surface area contributed by atoms with Gasteiger partial charge in [0, 0.05) is 12.0 Å². The minimum absolute atomic E-state index is 0.0190. The molecule has 2 aliphatic rings. The Hall–Kier alpha value is -3.05. The van der Waals surface area contributed by atoms with Gasteiger partial charge in [-0.15, -0.1) is 0 Å². The number of nitrogens with zero attached hydrogens (tertiary/aromatic N) is 2. The number of phenols is 1. The summed E-state index contributed by atoms with van der Waals surface area (Å²) in [6.45, 7) is 2.42. The zero-order chi connectivity index (χ0) is 21.6. The van der Waals surface area contributed by atoms with Crippen LogP contribution in [-0.2, 0) is 11.2 Å². The van der Waals surface area contributed by atoms with Crippen LogP contribution in [0.4, 0.5) is 0 Å². The molecular weight excluding hydrogens is 393 g/mol. The molecule has 1 aliphatic heterocycles. The Kier molecular flexibility index (Phi) is 5.16. The second kappa shape index (κ2) is 7.65. The fourth-order valence-corrected chi connectivity index (χ4v) is 3.82. The van der Waals surface area contributed by atoms with Crippen molar-refractivity contribution >= 4 is 19.0 Å². The van der Waals surface area contributed by atoms with Crippen LogP contribution in [0, 0.1) is 6.92 Å². The van der Waals surface area contributed by atoms with Gasteiger partial charge in [0.1, 0.15) is 29.0 Å². The van der Waals surface area contributed by atoms with Crippen molar-refractivity contribution in [2.45, 2.75) is 37.6 Å². The summed E-state index contributed by atoms with van der Waals surface area (Å²) in [5.41, 5.74) is 0.654. The Morgan fingerprint density at radius 1 is 1.33 bits per heavy atom. The monoisotopic (exact) mass is 415 g/mol. The number of hydrogen-bond acceptors (Lipinski definition) is 7. The predicted octanol–water partition coefficient (Wildman–Crippen LogP) is 0.285. The molecule has 10 nitrogen and oxygen atoms in total. The molecule has 1 amide bonds. The van der Waals surface area contributed by atoms with Crippen molar-refractivity contribution < 1.29 is 34.6 Å². The van der Waals surface area contributed by atoms with Crippen molar-refractivity contribution in [1.29, 1.82) is 0 Å². The van der Waals surface area contributed by atoms with Gasteiger partial charge in [0.2, 0.25) is 5.91 Å². The van der Waals surface area contributed by atoms with Gasteiger partial charge >= 0.3 is 13.1 Å². The standard InChI is InChI=1S/C19H22BN3O7/c1-9-21-6-10(22-9)4-16(24)23-7-11(8-23)30-15-3-2-12(13-5-14(13)20(28)29)18(25)17(15)19(26)27/h2-3,6,11,13-14,25,28-29H,4-5,7-8H2,1H3,(H,21,22)(H,26,27). The van der Waals surface area contributed by atoms with E-state index in [-0.39, 0.29) is 35.7 Å². The summed E-state index contributed by atoms with van der Waals surface area (Å²) in [6, 6.07) is 3.01. The first kappa shape index (κ1) is 20.2. The molecule has 2 aromatic rings. The summed E-state index contributed by atoms with van der Waals surface area (Å²) in [5, 5.41) is 38.5. The number of carboxylic acids is 1. The van der Waals surface area contributed by atoms with Gasteiger partial charge in [0.15, 0.2) is 0 Å². The fourth-order valence-electron chi connectivity index (χ4n) is 3.82. The van der Waals surface area contributed by atoms with Crippen LogP contribution in [0.3, 0.4) is 0 Å². The topological polar surface area (TPSA) is 156 Å². The lowest BCUT2D eigenvalue weighted by Crippen LogP contribution is -2.56. The minimum atomic E-state index is -1.51. The van der Waals surface area contributed by atoms with E-state index in [1.54, 1.807) is 24.1 Å². The SMILES string of the molecule is Cc1nc(CC(=O)N2CC(Oc3ccc(C4CC4B(O)O)c(O)c3C(=O)O)C2)c[nH]1. The van der Waals surface area contributed by atoms with E-state index in [4.69, 9.17) is 4.74 Å². The highest BCUT2D eigenvalue weighted by Crippen LogP contribution is 2.56. The van der Waals surface area contributed by atoms with Crippen molar-refractivity contribution in [3.05, 3.63) is 41.0 Å². The molecule has 2 unspecified atom stereocenters. The van der Waals surface area contributed by atoms with Crippen LogP contribution in [-0.4, -0.2) is 73.3 Å². The van der Waals surface area contributed by atoms with Crippen LogP contribution in [0.2, 0.25) is 5.82 Å². The van der Waals surface area contributed by atoms with E-state index in [1.807, 2.05) is 0 Å². The van der Waals surface area contributed by atoms with Crippen molar-refractivity contribution in [2.24, 2.45) is 0 Å². The molecule has 1 saturated carbocycles. The molecule has 2 heterocycles. The third-order valence-corrected chi connectivity index (χ3v) is 5.59. The highest BCUT2D eigenvalue weighted by molar-refractivity contribution is 6.44. The van der Waals surface area contributed by atoms with Crippen molar-refractivity contribution in [3.63, 3.8) is 0 Å². The maximum Gasteiger partial charge on any atom is 0.455 e. The van der Waals surface area contributed by atoms with Gasteiger partial charge in [-0.05, 0) is 30.9 Å². The van der Waals surface area contributed by atoms with Crippen molar-refractivity contribution in [2.75, 3.05) is 13.1 Å². The number of aromatic nitrogens is 2. The number of hydrogen-bond donors (Lipinski definition) is 5. The van der Waals surface area contributed by atoms with Crippen LogP contribution in [0.25, 0.3) is 0 Å². The van der Waals surface area contributed by atoms with Gasteiger partial charge in [-0.3, -0.25) is 4.79 Å². The molecule has 5 N–H and O–H groups in total. The zero-order valence-electron chi connectivity index (χ0n) is 16.3. The number of carboxylic acid groups (broad SMARTS) is 1. The number of aromatic carboxylic acids is 1. The van der Waals surface area contributed by atoms with E-state index in [2.05, 4.69) is 9.97 Å². The van der Waals surface area contributed by atoms with Gasteiger partial charge in [-0.2, -0.15) is 0 Å². The number of H-pyrrole nitrogens is 1. The van der Waals surface area contributed by atoms with Crippen molar-refractivity contribution in [1.82, 2.24) is 14.9 Å². The number of rotatable bonds is 7. The Labute approximate surface area is 172 Å². The molecule has 1 aliphatic carbocycles. The molecule has 1 aromatic carbocycles. The average molecular weight is 415 g/mol. The molecule has 11 heteroatoms. The molecule has 2 fully saturated rings. The molecule has 30 heavy (non-hydrogen) atoms. The van der Waals surface area contributed by atoms with E-state index >= 15 is 0 Å². The molecule has 1 saturated heterocycles. The number of aromatic hydroxyl groups is 1. The lowest BCUT2D eigenvalue weighted by molar-refractivity contribution is -0.139. The Morgan fingerprint density at radius 2 is 2.07 bits per heavy atom. The number of benzene rings is 1. The van der Waals surface area contributed by atoms with E-state index in [0.717, 1.165) is 5.82 Å². The normalized spacial score (nSPS) is 20.6. The smallest absolute Gasteiger partial charge is 0.455 e. The molecule has 158 valence electrons. The molecule has 4 rings (SSSR count). The number of amides is 1. The first-order valence-corrected chi connectivity index (χ1v) is 9.65. The van der Waals surface area contributed by atoms with Gasteiger partial charge < -0.3 is 34.9 Å². The van der Waals surface area contributed by atoms with Crippen LogP contribution in [0.5, 0.6) is 11.5 Å². The molecule has 2 atom stereocenters. The fraction of sp³-hybridized carbons (Fsp3) is 0.421. The Bertz CT molecular complexity index is 987. The number of aryl methyl sites for hydroxylation is 1. The van der Waals surface area contributed by atoms with Gasteiger partial charge in [0.05, 0.1) is 25.2 Å². The van der Waals surface area contributed by atoms with Crippen LogP contribution < -0.4 is 4.74 Å². The predicted molar refractivity (Wildman–Crippen MR) is 104 cm³/mol. The number of carbonyl (C=O) groups excluding carboxylic acids is 1. The van der Waals surface area contributed by atoms with Crippen molar-refractivity contribution in [3.8, 4) is 11.5 Å². The number of ether oxygens (including phenoxy) is 1. The second-order valence-corrected chi connectivity index (χ2v) is 7.79. The minimum Gasteiger partial charge on any atom is -0.507 e. The molecule has 0 bridgehead atoms. The Morgan fingerprint density at radius 3 is 2.63 bits per heavy atom. The zero-order valence-corrected chi connectivity index (χ0v) is 16.3. The van der Waals surface area contributed by atoms with Gasteiger partial charge in [-0.25, -0.2) is 9.78 Å². The van der Waals surface area contributed by atoms with E-state index in [0.29, 0.717) is 30.8 Å². The summed E-state index contributed by atoms with van der Waals surface area (Å²) in [6.07, 6.45) is 1.93.